The van der Waals surface area contributed by atoms with Crippen LogP contribution in [-0.4, -0.2) is 18.4 Å². The first-order valence-corrected chi connectivity index (χ1v) is 5.92. The summed E-state index contributed by atoms with van der Waals surface area (Å²) in [6.45, 7) is 0.677. The first kappa shape index (κ1) is 14.3. The van der Waals surface area contributed by atoms with Gasteiger partial charge in [0.25, 0.3) is 0 Å². The summed E-state index contributed by atoms with van der Waals surface area (Å²) >= 11 is 0. The minimum Gasteiger partial charge on any atom is -0.406 e. The fourth-order valence-corrected chi connectivity index (χ4v) is 1.80. The molecule has 3 nitrogen and oxygen atoms in total. The van der Waals surface area contributed by atoms with Crippen LogP contribution < -0.4 is 10.1 Å². The molecule has 2 aromatic rings. The maximum atomic E-state index is 12.1. The highest BCUT2D eigenvalue weighted by Crippen LogP contribution is 2.26. The minimum atomic E-state index is -4.67. The minimum absolute atomic E-state index is 0.236. The summed E-state index contributed by atoms with van der Waals surface area (Å²) in [6.07, 6.45) is -1.27. The Morgan fingerprint density at radius 1 is 1.10 bits per heavy atom. The average Bonchev–Trinajstić information content (AvgIpc) is 2.38. The van der Waals surface area contributed by atoms with E-state index in [9.17, 15) is 13.2 Å². The first-order valence-electron chi connectivity index (χ1n) is 5.92. The van der Waals surface area contributed by atoms with Crippen LogP contribution in [0.3, 0.4) is 0 Å². The van der Waals surface area contributed by atoms with Gasteiger partial charge in [0.1, 0.15) is 5.75 Å². The maximum Gasteiger partial charge on any atom is 0.573 e. The van der Waals surface area contributed by atoms with Crippen molar-refractivity contribution >= 4 is 0 Å². The number of hydrogen-bond acceptors (Lipinski definition) is 3. The number of ether oxygens (including phenoxy) is 1. The van der Waals surface area contributed by atoms with Gasteiger partial charge in [0.05, 0.1) is 0 Å². The molecule has 0 saturated heterocycles. The van der Waals surface area contributed by atoms with Gasteiger partial charge in [0.2, 0.25) is 0 Å². The normalized spacial score (nSPS) is 11.4. The predicted octanol–water partition coefficient (Wildman–Crippen LogP) is 3.37. The van der Waals surface area contributed by atoms with Crippen molar-refractivity contribution in [1.82, 2.24) is 10.3 Å². The molecule has 0 aliphatic heterocycles. The highest BCUT2D eigenvalue weighted by atomic mass is 19.4. The zero-order valence-electron chi connectivity index (χ0n) is 10.7. The molecule has 0 unspecified atom stereocenters. The molecule has 0 saturated carbocycles. The van der Waals surface area contributed by atoms with Crippen LogP contribution in [0.4, 0.5) is 13.2 Å². The smallest absolute Gasteiger partial charge is 0.406 e. The van der Waals surface area contributed by atoms with Crippen molar-refractivity contribution in [2.24, 2.45) is 0 Å². The van der Waals surface area contributed by atoms with E-state index in [0.29, 0.717) is 6.54 Å². The average molecular weight is 282 g/mol. The van der Waals surface area contributed by atoms with Crippen molar-refractivity contribution in [3.8, 4) is 16.9 Å². The Balaban J connectivity index is 2.19. The third kappa shape index (κ3) is 3.96. The summed E-state index contributed by atoms with van der Waals surface area (Å²) in [7, 11) is 1.83. The van der Waals surface area contributed by atoms with Crippen LogP contribution in [0, 0.1) is 0 Å². The molecule has 106 valence electrons. The van der Waals surface area contributed by atoms with Gasteiger partial charge < -0.3 is 10.1 Å². The molecule has 0 amide bonds. The van der Waals surface area contributed by atoms with Crippen molar-refractivity contribution in [2.45, 2.75) is 12.9 Å². The quantitative estimate of drug-likeness (QED) is 0.933. The molecule has 1 aromatic heterocycles. The fraction of sp³-hybridized carbons (Fsp3) is 0.214. The van der Waals surface area contributed by atoms with Gasteiger partial charge in [0, 0.05) is 24.5 Å². The van der Waals surface area contributed by atoms with Gasteiger partial charge in [-0.05, 0) is 36.4 Å². The standard InChI is InChI=1S/C14H13F3N2O/c1-18-7-10-6-12(9-19-8-10)11-2-4-13(5-3-11)20-14(15,16)17/h2-6,8-9,18H,7H2,1H3. The van der Waals surface area contributed by atoms with E-state index < -0.39 is 6.36 Å². The number of benzene rings is 1. The Morgan fingerprint density at radius 2 is 1.80 bits per heavy atom. The Bertz CT molecular complexity index is 567. The lowest BCUT2D eigenvalue weighted by Crippen LogP contribution is -2.16. The van der Waals surface area contributed by atoms with Crippen LogP contribution >= 0.6 is 0 Å². The maximum absolute atomic E-state index is 12.1. The second-order valence-electron chi connectivity index (χ2n) is 4.18. The zero-order valence-corrected chi connectivity index (χ0v) is 10.7. The second kappa shape index (κ2) is 5.92. The first-order chi connectivity index (χ1) is 9.48. The number of halogens is 3. The van der Waals surface area contributed by atoms with E-state index in [-0.39, 0.29) is 5.75 Å². The lowest BCUT2D eigenvalue weighted by Gasteiger charge is -2.09. The number of nitrogens with one attached hydrogen (secondary N) is 1. The number of alkyl halides is 3. The van der Waals surface area contributed by atoms with Crippen LogP contribution in [0.1, 0.15) is 5.56 Å². The monoisotopic (exact) mass is 282 g/mol. The van der Waals surface area contributed by atoms with E-state index in [0.717, 1.165) is 16.7 Å². The summed E-state index contributed by atoms with van der Waals surface area (Å²) in [5, 5.41) is 3.01. The number of aromatic nitrogens is 1. The van der Waals surface area contributed by atoms with Gasteiger partial charge in [-0.1, -0.05) is 12.1 Å². The van der Waals surface area contributed by atoms with E-state index in [2.05, 4.69) is 15.0 Å². The van der Waals surface area contributed by atoms with E-state index in [1.165, 1.54) is 12.1 Å². The molecule has 0 spiro atoms. The molecule has 1 heterocycles. The van der Waals surface area contributed by atoms with E-state index in [4.69, 9.17) is 0 Å². The van der Waals surface area contributed by atoms with Crippen LogP contribution in [0.5, 0.6) is 5.75 Å². The van der Waals surface area contributed by atoms with E-state index in [1.54, 1.807) is 24.5 Å². The number of nitrogens with zero attached hydrogens (tertiary/aromatic N) is 1. The molecule has 0 bridgehead atoms. The van der Waals surface area contributed by atoms with E-state index >= 15 is 0 Å². The predicted molar refractivity (Wildman–Crippen MR) is 69.1 cm³/mol. The highest BCUT2D eigenvalue weighted by molar-refractivity contribution is 5.63. The topological polar surface area (TPSA) is 34.2 Å². The number of pyridine rings is 1. The van der Waals surface area contributed by atoms with Gasteiger partial charge in [0.15, 0.2) is 0 Å². The van der Waals surface area contributed by atoms with Crippen molar-refractivity contribution in [2.75, 3.05) is 7.05 Å². The van der Waals surface area contributed by atoms with Crippen molar-refractivity contribution in [1.29, 1.82) is 0 Å². The van der Waals surface area contributed by atoms with Crippen LogP contribution in [-0.2, 0) is 6.54 Å². The second-order valence-corrected chi connectivity index (χ2v) is 4.18. The van der Waals surface area contributed by atoms with Crippen molar-refractivity contribution in [3.05, 3.63) is 48.3 Å². The Hall–Kier alpha value is -2.08. The third-order valence-corrected chi connectivity index (χ3v) is 2.60. The summed E-state index contributed by atoms with van der Waals surface area (Å²) in [5.74, 6) is -0.236. The Morgan fingerprint density at radius 3 is 2.40 bits per heavy atom. The molecule has 1 N–H and O–H groups in total. The molecule has 2 rings (SSSR count). The molecular weight excluding hydrogens is 269 g/mol. The van der Waals surface area contributed by atoms with Gasteiger partial charge in [-0.25, -0.2) is 0 Å². The van der Waals surface area contributed by atoms with Crippen LogP contribution in [0.15, 0.2) is 42.7 Å². The Labute approximate surface area is 114 Å². The summed E-state index contributed by atoms with van der Waals surface area (Å²) < 4.78 is 40.0. The molecule has 0 fully saturated rings. The summed E-state index contributed by atoms with van der Waals surface area (Å²) in [5.41, 5.74) is 2.63. The molecule has 6 heteroatoms. The number of rotatable bonds is 4. The van der Waals surface area contributed by atoms with Gasteiger partial charge >= 0.3 is 6.36 Å². The number of hydrogen-bond donors (Lipinski definition) is 1. The largest absolute Gasteiger partial charge is 0.573 e. The lowest BCUT2D eigenvalue weighted by molar-refractivity contribution is -0.274. The highest BCUT2D eigenvalue weighted by Gasteiger charge is 2.30. The Kier molecular flexibility index (Phi) is 4.24. The molecule has 1 aromatic carbocycles. The van der Waals surface area contributed by atoms with Gasteiger partial charge in [-0.15, -0.1) is 13.2 Å². The van der Waals surface area contributed by atoms with E-state index in [1.807, 2.05) is 13.1 Å². The van der Waals surface area contributed by atoms with Crippen molar-refractivity contribution in [3.63, 3.8) is 0 Å². The summed E-state index contributed by atoms with van der Waals surface area (Å²) in [6, 6.07) is 7.65. The molecule has 0 atom stereocenters. The zero-order chi connectivity index (χ0) is 14.6. The SMILES string of the molecule is CNCc1cncc(-c2ccc(OC(F)(F)F)cc2)c1. The molecule has 0 radical (unpaired) electrons. The molecule has 20 heavy (non-hydrogen) atoms. The fourth-order valence-electron chi connectivity index (χ4n) is 1.80. The van der Waals surface area contributed by atoms with Crippen LogP contribution in [0.2, 0.25) is 0 Å². The third-order valence-electron chi connectivity index (χ3n) is 2.60. The lowest BCUT2D eigenvalue weighted by atomic mass is 10.1. The van der Waals surface area contributed by atoms with Crippen molar-refractivity contribution < 1.29 is 17.9 Å². The van der Waals surface area contributed by atoms with Gasteiger partial charge in [-0.3, -0.25) is 4.98 Å². The van der Waals surface area contributed by atoms with Gasteiger partial charge in [-0.2, -0.15) is 0 Å². The molecular formula is C14H13F3N2O. The molecule has 0 aliphatic rings. The van der Waals surface area contributed by atoms with Crippen LogP contribution in [0.25, 0.3) is 11.1 Å². The summed E-state index contributed by atoms with van der Waals surface area (Å²) in [4.78, 5) is 4.11. The molecule has 0 aliphatic carbocycles.